The molecule has 4 heteroatoms. The summed E-state index contributed by atoms with van der Waals surface area (Å²) < 4.78 is 1.13. The van der Waals surface area contributed by atoms with E-state index in [2.05, 4.69) is 33.6 Å². The predicted molar refractivity (Wildman–Crippen MR) is 94.1 cm³/mol. The van der Waals surface area contributed by atoms with Gasteiger partial charge < -0.3 is 4.90 Å². The molecule has 21 heavy (non-hydrogen) atoms. The summed E-state index contributed by atoms with van der Waals surface area (Å²) in [5, 5.41) is 0. The van der Waals surface area contributed by atoms with Crippen molar-refractivity contribution >= 4 is 39.9 Å². The second kappa shape index (κ2) is 5.60. The minimum Gasteiger partial charge on any atom is -0.313 e. The standard InChI is InChI=1S/C17H15IN2O/c1-11-17(21)20(2)15-9-8-13(18)10-14(15)16(19-11)12-6-4-3-5-7-12/h3-11H,1-2H3. The monoisotopic (exact) mass is 390 g/mol. The highest BCUT2D eigenvalue weighted by Crippen LogP contribution is 2.29. The molecule has 2 aromatic rings. The number of rotatable bonds is 1. The molecule has 0 aliphatic carbocycles. The van der Waals surface area contributed by atoms with Gasteiger partial charge in [0, 0.05) is 21.7 Å². The first kappa shape index (κ1) is 14.3. The quantitative estimate of drug-likeness (QED) is 0.687. The van der Waals surface area contributed by atoms with Crippen LogP contribution in [0, 0.1) is 3.57 Å². The zero-order valence-corrected chi connectivity index (χ0v) is 14.0. The van der Waals surface area contributed by atoms with E-state index in [9.17, 15) is 4.79 Å². The van der Waals surface area contributed by atoms with Gasteiger partial charge in [0.25, 0.3) is 5.91 Å². The van der Waals surface area contributed by atoms with Gasteiger partial charge in [0.2, 0.25) is 0 Å². The number of nitrogens with zero attached hydrogens (tertiary/aromatic N) is 2. The maximum atomic E-state index is 12.4. The third kappa shape index (κ3) is 2.60. The Kier molecular flexibility index (Phi) is 3.80. The predicted octanol–water partition coefficient (Wildman–Crippen LogP) is 3.49. The zero-order valence-electron chi connectivity index (χ0n) is 11.9. The van der Waals surface area contributed by atoms with Crippen LogP contribution in [0.5, 0.6) is 0 Å². The smallest absolute Gasteiger partial charge is 0.251 e. The molecular formula is C17H15IN2O. The van der Waals surface area contributed by atoms with Gasteiger partial charge in [-0.15, -0.1) is 0 Å². The lowest BCUT2D eigenvalue weighted by molar-refractivity contribution is -0.119. The molecule has 0 aromatic heterocycles. The number of aliphatic imine (C=N–C) groups is 1. The van der Waals surface area contributed by atoms with Crippen LogP contribution >= 0.6 is 22.6 Å². The molecule has 1 amide bonds. The fourth-order valence-electron chi connectivity index (χ4n) is 2.53. The molecule has 0 spiro atoms. The summed E-state index contributed by atoms with van der Waals surface area (Å²) in [4.78, 5) is 18.8. The number of benzodiazepines with no additional fused rings is 1. The Bertz CT molecular complexity index is 725. The largest absolute Gasteiger partial charge is 0.313 e. The molecule has 1 unspecified atom stereocenters. The zero-order chi connectivity index (χ0) is 15.0. The van der Waals surface area contributed by atoms with Crippen molar-refractivity contribution in [3.05, 3.63) is 63.2 Å². The van der Waals surface area contributed by atoms with Crippen molar-refractivity contribution in [2.75, 3.05) is 11.9 Å². The Morgan fingerprint density at radius 1 is 1.14 bits per heavy atom. The summed E-state index contributed by atoms with van der Waals surface area (Å²) in [6.07, 6.45) is 0. The van der Waals surface area contributed by atoms with Gasteiger partial charge in [0.1, 0.15) is 6.04 Å². The topological polar surface area (TPSA) is 32.7 Å². The van der Waals surface area contributed by atoms with Crippen molar-refractivity contribution in [3.8, 4) is 0 Å². The van der Waals surface area contributed by atoms with Gasteiger partial charge in [-0.05, 0) is 47.7 Å². The summed E-state index contributed by atoms with van der Waals surface area (Å²) >= 11 is 2.29. The maximum absolute atomic E-state index is 12.4. The Hall–Kier alpha value is -1.69. The molecule has 1 heterocycles. The van der Waals surface area contributed by atoms with Crippen LogP contribution in [-0.2, 0) is 4.79 Å². The van der Waals surface area contributed by atoms with E-state index in [-0.39, 0.29) is 11.9 Å². The van der Waals surface area contributed by atoms with E-state index in [1.165, 1.54) is 0 Å². The van der Waals surface area contributed by atoms with E-state index in [4.69, 9.17) is 0 Å². The lowest BCUT2D eigenvalue weighted by Crippen LogP contribution is -2.32. The van der Waals surface area contributed by atoms with Gasteiger partial charge in [0.15, 0.2) is 0 Å². The molecule has 1 atom stereocenters. The summed E-state index contributed by atoms with van der Waals surface area (Å²) in [6, 6.07) is 15.7. The second-order valence-electron chi connectivity index (χ2n) is 5.08. The second-order valence-corrected chi connectivity index (χ2v) is 6.32. The Morgan fingerprint density at radius 3 is 2.57 bits per heavy atom. The molecule has 0 bridgehead atoms. The summed E-state index contributed by atoms with van der Waals surface area (Å²) in [5.74, 6) is 0.0170. The van der Waals surface area contributed by atoms with Gasteiger partial charge >= 0.3 is 0 Å². The first-order valence-electron chi connectivity index (χ1n) is 6.78. The molecule has 0 fully saturated rings. The molecule has 2 aromatic carbocycles. The molecule has 1 aliphatic rings. The van der Waals surface area contributed by atoms with Crippen LogP contribution < -0.4 is 4.90 Å². The number of fused-ring (bicyclic) bond motifs is 1. The Morgan fingerprint density at radius 2 is 1.86 bits per heavy atom. The van der Waals surface area contributed by atoms with E-state index >= 15 is 0 Å². The van der Waals surface area contributed by atoms with Crippen LogP contribution in [0.3, 0.4) is 0 Å². The average molecular weight is 390 g/mol. The summed E-state index contributed by atoms with van der Waals surface area (Å²) in [7, 11) is 1.81. The summed E-state index contributed by atoms with van der Waals surface area (Å²) in [5.41, 5.74) is 3.84. The van der Waals surface area contributed by atoms with Crippen LogP contribution in [-0.4, -0.2) is 24.7 Å². The number of carbonyl (C=O) groups is 1. The number of likely N-dealkylation sites (N-methyl/N-ethyl adjacent to an activating group) is 1. The van der Waals surface area contributed by atoms with E-state index in [0.29, 0.717) is 0 Å². The van der Waals surface area contributed by atoms with Crippen LogP contribution in [0.15, 0.2) is 53.5 Å². The van der Waals surface area contributed by atoms with Crippen LogP contribution in [0.25, 0.3) is 0 Å². The van der Waals surface area contributed by atoms with Crippen molar-refractivity contribution in [2.24, 2.45) is 4.99 Å². The van der Waals surface area contributed by atoms with Crippen LogP contribution in [0.2, 0.25) is 0 Å². The van der Waals surface area contributed by atoms with Gasteiger partial charge in [-0.3, -0.25) is 9.79 Å². The van der Waals surface area contributed by atoms with Gasteiger partial charge in [-0.25, -0.2) is 0 Å². The first-order valence-corrected chi connectivity index (χ1v) is 7.86. The van der Waals surface area contributed by atoms with Crippen LogP contribution in [0.4, 0.5) is 5.69 Å². The van der Waals surface area contributed by atoms with Crippen molar-refractivity contribution in [1.82, 2.24) is 0 Å². The number of carbonyl (C=O) groups excluding carboxylic acids is 1. The molecule has 0 saturated carbocycles. The lowest BCUT2D eigenvalue weighted by atomic mass is 10.0. The third-order valence-electron chi connectivity index (χ3n) is 3.63. The minimum atomic E-state index is -0.379. The van der Waals surface area contributed by atoms with E-state index in [1.807, 2.05) is 56.4 Å². The number of hydrogen-bond acceptors (Lipinski definition) is 2. The highest BCUT2D eigenvalue weighted by atomic mass is 127. The van der Waals surface area contributed by atoms with Crippen molar-refractivity contribution in [1.29, 1.82) is 0 Å². The number of hydrogen-bond donors (Lipinski definition) is 0. The number of halogens is 1. The molecule has 0 N–H and O–H groups in total. The van der Waals surface area contributed by atoms with E-state index in [1.54, 1.807) is 4.90 Å². The van der Waals surface area contributed by atoms with Crippen molar-refractivity contribution < 1.29 is 4.79 Å². The Balaban J connectivity index is 2.27. The SMILES string of the molecule is CC1N=C(c2ccccc2)c2cc(I)ccc2N(C)C1=O. The molecule has 3 nitrogen and oxygen atoms in total. The number of benzene rings is 2. The highest BCUT2D eigenvalue weighted by molar-refractivity contribution is 14.1. The van der Waals surface area contributed by atoms with E-state index < -0.39 is 0 Å². The third-order valence-corrected chi connectivity index (χ3v) is 4.30. The molecule has 0 radical (unpaired) electrons. The normalized spacial score (nSPS) is 18.0. The van der Waals surface area contributed by atoms with Gasteiger partial charge in [-0.1, -0.05) is 30.3 Å². The number of amides is 1. The highest BCUT2D eigenvalue weighted by Gasteiger charge is 2.27. The lowest BCUT2D eigenvalue weighted by Gasteiger charge is -2.19. The van der Waals surface area contributed by atoms with Crippen molar-refractivity contribution in [2.45, 2.75) is 13.0 Å². The first-order chi connectivity index (χ1) is 10.1. The maximum Gasteiger partial charge on any atom is 0.251 e. The summed E-state index contributed by atoms with van der Waals surface area (Å²) in [6.45, 7) is 1.85. The van der Waals surface area contributed by atoms with Gasteiger partial charge in [0.05, 0.1) is 11.4 Å². The van der Waals surface area contributed by atoms with Gasteiger partial charge in [-0.2, -0.15) is 0 Å². The molecule has 0 saturated heterocycles. The Labute approximate surface area is 137 Å². The fourth-order valence-corrected chi connectivity index (χ4v) is 3.03. The molecule has 1 aliphatic heterocycles. The van der Waals surface area contributed by atoms with E-state index in [0.717, 1.165) is 26.1 Å². The molecular weight excluding hydrogens is 375 g/mol. The number of anilines is 1. The minimum absolute atomic E-state index is 0.0170. The average Bonchev–Trinajstić information content (AvgIpc) is 2.59. The van der Waals surface area contributed by atoms with Crippen LogP contribution in [0.1, 0.15) is 18.1 Å². The molecule has 106 valence electrons. The van der Waals surface area contributed by atoms with Crippen molar-refractivity contribution in [3.63, 3.8) is 0 Å². The fraction of sp³-hybridized carbons (Fsp3) is 0.176. The molecule has 3 rings (SSSR count).